The number of carbonyl (C=O) groups is 1. The third-order valence-electron chi connectivity index (χ3n) is 5.99. The lowest BCUT2D eigenvalue weighted by atomic mass is 10.1. The Labute approximate surface area is 201 Å². The fourth-order valence-corrected chi connectivity index (χ4v) is 5.79. The van der Waals surface area contributed by atoms with E-state index in [4.69, 9.17) is 0 Å². The number of nitrogens with one attached hydrogen (secondary N) is 1. The average molecular weight is 497 g/mol. The molecule has 0 saturated carbocycles. The molecule has 0 atom stereocenters. The first-order valence-corrected chi connectivity index (χ1v) is 12.6. The van der Waals surface area contributed by atoms with Gasteiger partial charge in [-0.25, -0.2) is 13.4 Å². The Kier molecular flexibility index (Phi) is 6.08. The number of aromatic nitrogens is 2. The first-order chi connectivity index (χ1) is 16.8. The van der Waals surface area contributed by atoms with Crippen molar-refractivity contribution >= 4 is 32.7 Å². The van der Waals surface area contributed by atoms with Crippen molar-refractivity contribution in [1.29, 1.82) is 0 Å². The molecule has 5 rings (SSSR count). The first-order valence-electron chi connectivity index (χ1n) is 11.1. The Hall–Kier alpha value is -3.63. The molecule has 4 aromatic rings. The van der Waals surface area contributed by atoms with Gasteiger partial charge in [0.05, 0.1) is 15.9 Å². The zero-order chi connectivity index (χ0) is 24.6. The van der Waals surface area contributed by atoms with E-state index < -0.39 is 22.5 Å². The summed E-state index contributed by atoms with van der Waals surface area (Å²) in [6.45, 7) is -1.81. The number of hydrogen-bond donors (Lipinski definition) is 1. The molecule has 0 radical (unpaired) electrons. The highest BCUT2D eigenvalue weighted by molar-refractivity contribution is 7.89. The number of benzene rings is 3. The molecular formula is C25H22F2N4O3S. The van der Waals surface area contributed by atoms with Crippen molar-refractivity contribution in [3.63, 3.8) is 0 Å². The van der Waals surface area contributed by atoms with E-state index in [1.807, 2.05) is 0 Å². The van der Waals surface area contributed by atoms with Gasteiger partial charge in [0.1, 0.15) is 5.82 Å². The smallest absolute Gasteiger partial charge is 0.320 e. The Bertz CT molecular complexity index is 1490. The Balaban J connectivity index is 1.37. The number of amides is 1. The van der Waals surface area contributed by atoms with E-state index in [0.717, 1.165) is 17.4 Å². The molecule has 1 aromatic heterocycles. The summed E-state index contributed by atoms with van der Waals surface area (Å²) >= 11 is 0. The highest BCUT2D eigenvalue weighted by atomic mass is 32.2. The quantitative estimate of drug-likeness (QED) is 0.401. The van der Waals surface area contributed by atoms with Crippen LogP contribution in [0.25, 0.3) is 22.4 Å². The molecule has 7 nitrogen and oxygen atoms in total. The van der Waals surface area contributed by atoms with Crippen LogP contribution in [0.1, 0.15) is 29.7 Å². The summed E-state index contributed by atoms with van der Waals surface area (Å²) < 4.78 is 55.4. The van der Waals surface area contributed by atoms with E-state index in [-0.39, 0.29) is 16.3 Å². The minimum absolute atomic E-state index is 0.0771. The van der Waals surface area contributed by atoms with Crippen molar-refractivity contribution in [2.45, 2.75) is 24.3 Å². The number of halogens is 2. The minimum Gasteiger partial charge on any atom is -0.322 e. The lowest BCUT2D eigenvalue weighted by Gasteiger charge is -2.16. The molecule has 10 heteroatoms. The molecule has 0 spiro atoms. The second-order valence-electron chi connectivity index (χ2n) is 8.24. The van der Waals surface area contributed by atoms with Crippen molar-refractivity contribution in [2.24, 2.45) is 0 Å². The summed E-state index contributed by atoms with van der Waals surface area (Å²) in [6, 6.07) is 19.0. The maximum absolute atomic E-state index is 13.8. The summed E-state index contributed by atoms with van der Waals surface area (Å²) in [5, 5.41) is 2.73. The number of para-hydroxylation sites is 2. The van der Waals surface area contributed by atoms with Gasteiger partial charge < -0.3 is 5.32 Å². The summed E-state index contributed by atoms with van der Waals surface area (Å²) in [4.78, 5) is 17.2. The third kappa shape index (κ3) is 4.42. The SMILES string of the molecule is O=C(Nc1ccc(-c2nc3ccccc3n2C(F)F)cc1)c1cccc(S(=O)(=O)N2CCCC2)c1. The van der Waals surface area contributed by atoms with Crippen LogP contribution in [0.3, 0.4) is 0 Å². The van der Waals surface area contributed by atoms with Crippen LogP contribution in [0.15, 0.2) is 77.7 Å². The van der Waals surface area contributed by atoms with Gasteiger partial charge in [-0.3, -0.25) is 9.36 Å². The van der Waals surface area contributed by atoms with Crippen molar-refractivity contribution in [3.05, 3.63) is 78.4 Å². The van der Waals surface area contributed by atoms with Crippen LogP contribution < -0.4 is 5.32 Å². The van der Waals surface area contributed by atoms with Gasteiger partial charge in [0, 0.05) is 29.9 Å². The van der Waals surface area contributed by atoms with Gasteiger partial charge in [-0.05, 0) is 67.4 Å². The van der Waals surface area contributed by atoms with Gasteiger partial charge in [-0.2, -0.15) is 13.1 Å². The van der Waals surface area contributed by atoms with E-state index in [1.165, 1.54) is 28.6 Å². The predicted molar refractivity (Wildman–Crippen MR) is 129 cm³/mol. The standard InChI is InChI=1S/C25H22F2N4O3S/c26-25(27)31-22-9-2-1-8-21(22)29-23(31)17-10-12-19(13-11-17)28-24(32)18-6-5-7-20(16-18)35(33,34)30-14-3-4-15-30/h1-2,5-13,16,25H,3-4,14-15H2,(H,28,32). The largest absolute Gasteiger partial charge is 0.322 e. The van der Waals surface area contributed by atoms with Gasteiger partial charge in [0.2, 0.25) is 10.0 Å². The van der Waals surface area contributed by atoms with E-state index in [0.29, 0.717) is 35.4 Å². The van der Waals surface area contributed by atoms with Crippen LogP contribution in [0.4, 0.5) is 14.5 Å². The topological polar surface area (TPSA) is 84.3 Å². The van der Waals surface area contributed by atoms with Gasteiger partial charge in [0.25, 0.3) is 5.91 Å². The summed E-state index contributed by atoms with van der Waals surface area (Å²) in [5.74, 6) is -0.352. The number of sulfonamides is 1. The van der Waals surface area contributed by atoms with E-state index in [2.05, 4.69) is 10.3 Å². The summed E-state index contributed by atoms with van der Waals surface area (Å²) in [7, 11) is -3.64. The van der Waals surface area contributed by atoms with Crippen LogP contribution >= 0.6 is 0 Å². The summed E-state index contributed by atoms with van der Waals surface area (Å²) in [6.07, 6.45) is 1.64. The Morgan fingerprint density at radius 1 is 0.943 bits per heavy atom. The van der Waals surface area contributed by atoms with E-state index >= 15 is 0 Å². The van der Waals surface area contributed by atoms with Crippen LogP contribution in [-0.4, -0.2) is 41.3 Å². The molecule has 2 heterocycles. The second-order valence-corrected chi connectivity index (χ2v) is 10.2. The highest BCUT2D eigenvalue weighted by Gasteiger charge is 2.27. The van der Waals surface area contributed by atoms with Crippen molar-refractivity contribution in [3.8, 4) is 11.4 Å². The van der Waals surface area contributed by atoms with Gasteiger partial charge in [-0.15, -0.1) is 0 Å². The fourth-order valence-electron chi connectivity index (χ4n) is 4.23. The molecule has 1 fully saturated rings. The second kappa shape index (κ2) is 9.20. The zero-order valence-corrected chi connectivity index (χ0v) is 19.4. The molecule has 1 amide bonds. The van der Waals surface area contributed by atoms with E-state index in [9.17, 15) is 22.0 Å². The maximum Gasteiger partial charge on any atom is 0.320 e. The molecule has 1 aliphatic rings. The number of alkyl halides is 2. The molecule has 180 valence electrons. The average Bonchev–Trinajstić information content (AvgIpc) is 3.53. The lowest BCUT2D eigenvalue weighted by molar-refractivity contribution is 0.0764. The minimum atomic E-state index is -3.64. The number of anilines is 1. The van der Waals surface area contributed by atoms with Crippen LogP contribution in [0, 0.1) is 0 Å². The number of hydrogen-bond acceptors (Lipinski definition) is 4. The van der Waals surface area contributed by atoms with Gasteiger partial charge >= 0.3 is 6.55 Å². The molecule has 1 N–H and O–H groups in total. The third-order valence-corrected chi connectivity index (χ3v) is 7.89. The number of imidazole rings is 1. The molecule has 1 saturated heterocycles. The maximum atomic E-state index is 13.8. The zero-order valence-electron chi connectivity index (χ0n) is 18.6. The van der Waals surface area contributed by atoms with E-state index in [1.54, 1.807) is 48.5 Å². The van der Waals surface area contributed by atoms with Crippen molar-refractivity contribution in [2.75, 3.05) is 18.4 Å². The van der Waals surface area contributed by atoms with Gasteiger partial charge in [-0.1, -0.05) is 18.2 Å². The molecule has 0 aliphatic carbocycles. The molecule has 1 aliphatic heterocycles. The lowest BCUT2D eigenvalue weighted by Crippen LogP contribution is -2.28. The van der Waals surface area contributed by atoms with Crippen LogP contribution in [-0.2, 0) is 10.0 Å². The fraction of sp³-hybridized carbons (Fsp3) is 0.200. The van der Waals surface area contributed by atoms with Crippen molar-refractivity contribution < 1.29 is 22.0 Å². The highest BCUT2D eigenvalue weighted by Crippen LogP contribution is 2.30. The normalized spacial score (nSPS) is 14.6. The monoisotopic (exact) mass is 496 g/mol. The Morgan fingerprint density at radius 3 is 2.37 bits per heavy atom. The molecule has 35 heavy (non-hydrogen) atoms. The van der Waals surface area contributed by atoms with Gasteiger partial charge in [0.15, 0.2) is 0 Å². The number of carbonyl (C=O) groups excluding carboxylic acids is 1. The number of nitrogens with zero attached hydrogens (tertiary/aromatic N) is 3. The Morgan fingerprint density at radius 2 is 1.66 bits per heavy atom. The molecular weight excluding hydrogens is 474 g/mol. The summed E-state index contributed by atoms with van der Waals surface area (Å²) in [5.41, 5.74) is 1.90. The molecule has 3 aromatic carbocycles. The first kappa shape index (κ1) is 23.1. The van der Waals surface area contributed by atoms with Crippen LogP contribution in [0.2, 0.25) is 0 Å². The molecule has 0 unspecified atom stereocenters. The number of fused-ring (bicyclic) bond motifs is 1. The van der Waals surface area contributed by atoms with Crippen molar-refractivity contribution in [1.82, 2.24) is 13.9 Å². The predicted octanol–water partition coefficient (Wildman–Crippen LogP) is 5.14. The van der Waals surface area contributed by atoms with Crippen LogP contribution in [0.5, 0.6) is 0 Å². The number of rotatable bonds is 6. The molecule has 0 bridgehead atoms.